The van der Waals surface area contributed by atoms with Gasteiger partial charge in [0.15, 0.2) is 4.90 Å². The molecule has 7 heteroatoms. The van der Waals surface area contributed by atoms with Crippen LogP contribution >= 0.6 is 0 Å². The zero-order valence-corrected chi connectivity index (χ0v) is 11.5. The molecule has 0 heterocycles. The highest BCUT2D eigenvalue weighted by molar-refractivity contribution is 7.91. The molecule has 0 unspecified atom stereocenters. The molecule has 0 aromatic heterocycles. The second kappa shape index (κ2) is 4.93. The van der Waals surface area contributed by atoms with Gasteiger partial charge < -0.3 is 21.3 Å². The first-order valence-electron chi connectivity index (χ1n) is 5.63. The van der Waals surface area contributed by atoms with Crippen LogP contribution in [0.1, 0.15) is 0 Å². The van der Waals surface area contributed by atoms with Crippen LogP contribution in [0.2, 0.25) is 0 Å². The average molecular weight is 294 g/mol. The maximum Gasteiger partial charge on any atom is 0.213 e. The maximum absolute atomic E-state index is 12.5. The number of hydrogen-bond acceptors (Lipinski definition) is 6. The number of nitrogen functional groups attached to an aromatic ring is 2. The van der Waals surface area contributed by atoms with Crippen LogP contribution in [0.4, 0.5) is 11.4 Å². The van der Waals surface area contributed by atoms with Crippen LogP contribution in [0.3, 0.4) is 0 Å². The lowest BCUT2D eigenvalue weighted by Gasteiger charge is -2.12. The average Bonchev–Trinajstić information content (AvgIpc) is 2.37. The van der Waals surface area contributed by atoms with Crippen molar-refractivity contribution < 1.29 is 18.3 Å². The summed E-state index contributed by atoms with van der Waals surface area (Å²) in [5, 5.41) is 9.89. The first-order valence-corrected chi connectivity index (χ1v) is 7.11. The third-order valence-electron chi connectivity index (χ3n) is 2.74. The number of sulfone groups is 1. The van der Waals surface area contributed by atoms with E-state index in [1.54, 1.807) is 0 Å². The van der Waals surface area contributed by atoms with Crippen LogP contribution in [-0.4, -0.2) is 20.6 Å². The topological polar surface area (TPSA) is 116 Å². The van der Waals surface area contributed by atoms with Crippen LogP contribution in [0.15, 0.2) is 46.2 Å². The Morgan fingerprint density at radius 3 is 2.20 bits per heavy atom. The normalized spacial score (nSPS) is 11.2. The highest BCUT2D eigenvalue weighted by Crippen LogP contribution is 2.38. The van der Waals surface area contributed by atoms with Crippen molar-refractivity contribution in [1.82, 2.24) is 0 Å². The SMILES string of the molecule is COc1cc(N)cc(O)c1S(=O)(=O)c1ccc(N)cc1. The number of anilines is 2. The van der Waals surface area contributed by atoms with Gasteiger partial charge in [0.2, 0.25) is 9.84 Å². The molecule has 0 spiro atoms. The van der Waals surface area contributed by atoms with E-state index in [2.05, 4.69) is 0 Å². The molecule has 106 valence electrons. The molecule has 0 saturated carbocycles. The van der Waals surface area contributed by atoms with E-state index in [0.717, 1.165) is 6.07 Å². The maximum atomic E-state index is 12.5. The van der Waals surface area contributed by atoms with E-state index in [9.17, 15) is 13.5 Å². The molecule has 0 aliphatic rings. The summed E-state index contributed by atoms with van der Waals surface area (Å²) in [7, 11) is -2.63. The number of phenols is 1. The van der Waals surface area contributed by atoms with Crippen molar-refractivity contribution in [2.45, 2.75) is 9.79 Å². The number of methoxy groups -OCH3 is 1. The van der Waals surface area contributed by atoms with Gasteiger partial charge >= 0.3 is 0 Å². The van der Waals surface area contributed by atoms with E-state index in [1.807, 2.05) is 0 Å². The van der Waals surface area contributed by atoms with Crippen molar-refractivity contribution in [3.05, 3.63) is 36.4 Å². The molecule has 0 radical (unpaired) electrons. The van der Waals surface area contributed by atoms with Crippen LogP contribution in [0, 0.1) is 0 Å². The Morgan fingerprint density at radius 2 is 1.65 bits per heavy atom. The molecule has 0 amide bonds. The fraction of sp³-hybridized carbons (Fsp3) is 0.0769. The Morgan fingerprint density at radius 1 is 1.05 bits per heavy atom. The summed E-state index contributed by atoms with van der Waals surface area (Å²) in [5.41, 5.74) is 11.7. The molecule has 0 aliphatic carbocycles. The van der Waals surface area contributed by atoms with E-state index in [-0.39, 0.29) is 21.2 Å². The number of rotatable bonds is 3. The Kier molecular flexibility index (Phi) is 3.46. The lowest BCUT2D eigenvalue weighted by Crippen LogP contribution is -2.06. The Bertz CT molecular complexity index is 740. The molecule has 6 nitrogen and oxygen atoms in total. The van der Waals surface area contributed by atoms with Crippen LogP contribution < -0.4 is 16.2 Å². The van der Waals surface area contributed by atoms with Gasteiger partial charge in [-0.3, -0.25) is 0 Å². The van der Waals surface area contributed by atoms with E-state index in [4.69, 9.17) is 16.2 Å². The smallest absolute Gasteiger partial charge is 0.213 e. The molecule has 0 atom stereocenters. The number of aromatic hydroxyl groups is 1. The van der Waals surface area contributed by atoms with Gasteiger partial charge in [0.25, 0.3) is 0 Å². The third-order valence-corrected chi connectivity index (χ3v) is 4.58. The van der Waals surface area contributed by atoms with Gasteiger partial charge in [-0.05, 0) is 24.3 Å². The Labute approximate surface area is 116 Å². The monoisotopic (exact) mass is 294 g/mol. The first kappa shape index (κ1) is 14.0. The summed E-state index contributed by atoms with van der Waals surface area (Å²) in [6.07, 6.45) is 0. The fourth-order valence-electron chi connectivity index (χ4n) is 1.79. The van der Waals surface area contributed by atoms with Crippen LogP contribution in [0.25, 0.3) is 0 Å². The molecule has 0 saturated heterocycles. The zero-order chi connectivity index (χ0) is 14.9. The predicted octanol–water partition coefficient (Wildman–Crippen LogP) is 1.40. The van der Waals surface area contributed by atoms with Gasteiger partial charge in [0, 0.05) is 23.5 Å². The fourth-order valence-corrected chi connectivity index (χ4v) is 3.27. The number of benzene rings is 2. The van der Waals surface area contributed by atoms with Gasteiger partial charge in [-0.1, -0.05) is 0 Å². The quantitative estimate of drug-likeness (QED) is 0.737. The van der Waals surface area contributed by atoms with Gasteiger partial charge in [0.1, 0.15) is 11.5 Å². The lowest BCUT2D eigenvalue weighted by molar-refractivity contribution is 0.389. The minimum Gasteiger partial charge on any atom is -0.506 e. The summed E-state index contributed by atoms with van der Waals surface area (Å²) in [4.78, 5) is -0.316. The number of hydrogen-bond donors (Lipinski definition) is 3. The van der Waals surface area contributed by atoms with Crippen molar-refractivity contribution in [3.63, 3.8) is 0 Å². The highest BCUT2D eigenvalue weighted by atomic mass is 32.2. The molecule has 0 aliphatic heterocycles. The molecule has 2 aromatic carbocycles. The van der Waals surface area contributed by atoms with Crippen molar-refractivity contribution >= 4 is 21.2 Å². The Hall–Kier alpha value is -2.41. The van der Waals surface area contributed by atoms with Crippen molar-refractivity contribution in [3.8, 4) is 11.5 Å². The zero-order valence-electron chi connectivity index (χ0n) is 10.7. The lowest BCUT2D eigenvalue weighted by atomic mass is 10.3. The second-order valence-electron chi connectivity index (χ2n) is 4.14. The van der Waals surface area contributed by atoms with Gasteiger partial charge in [-0.15, -0.1) is 0 Å². The van der Waals surface area contributed by atoms with Gasteiger partial charge in [-0.25, -0.2) is 8.42 Å². The summed E-state index contributed by atoms with van der Waals surface area (Å²) in [6.45, 7) is 0. The largest absolute Gasteiger partial charge is 0.506 e. The van der Waals surface area contributed by atoms with Gasteiger partial charge in [0.05, 0.1) is 12.0 Å². The molecule has 20 heavy (non-hydrogen) atoms. The summed E-state index contributed by atoms with van der Waals surface area (Å²) >= 11 is 0. The van der Waals surface area contributed by atoms with Crippen molar-refractivity contribution in [2.75, 3.05) is 18.6 Å². The molecule has 0 bridgehead atoms. The molecule has 2 rings (SSSR count). The Balaban J connectivity index is 2.69. The molecular weight excluding hydrogens is 280 g/mol. The minimum atomic E-state index is -3.93. The summed E-state index contributed by atoms with van der Waals surface area (Å²) in [6, 6.07) is 8.15. The first-order chi connectivity index (χ1) is 9.36. The standard InChI is InChI=1S/C13H14N2O4S/c1-19-12-7-9(15)6-11(16)13(12)20(17,18)10-4-2-8(14)3-5-10/h2-7,16H,14-15H2,1H3. The number of nitrogens with two attached hydrogens (primary N) is 2. The van der Waals surface area contributed by atoms with Gasteiger partial charge in [-0.2, -0.15) is 0 Å². The van der Waals surface area contributed by atoms with Crippen LogP contribution in [-0.2, 0) is 9.84 Å². The van der Waals surface area contributed by atoms with E-state index >= 15 is 0 Å². The summed E-state index contributed by atoms with van der Waals surface area (Å²) < 4.78 is 30.1. The van der Waals surface area contributed by atoms with Crippen molar-refractivity contribution in [1.29, 1.82) is 0 Å². The van der Waals surface area contributed by atoms with Crippen LogP contribution in [0.5, 0.6) is 11.5 Å². The van der Waals surface area contributed by atoms with E-state index in [0.29, 0.717) is 5.69 Å². The van der Waals surface area contributed by atoms with E-state index < -0.39 is 15.6 Å². The number of ether oxygens (including phenoxy) is 1. The molecule has 0 fully saturated rings. The third kappa shape index (κ3) is 2.35. The predicted molar refractivity (Wildman–Crippen MR) is 75.4 cm³/mol. The second-order valence-corrected chi connectivity index (χ2v) is 6.03. The highest BCUT2D eigenvalue weighted by Gasteiger charge is 2.26. The molecular formula is C13H14N2O4S. The molecule has 5 N–H and O–H groups in total. The van der Waals surface area contributed by atoms with Crippen molar-refractivity contribution in [2.24, 2.45) is 0 Å². The minimum absolute atomic E-state index is 0.00470. The molecule has 2 aromatic rings. The van der Waals surface area contributed by atoms with E-state index in [1.165, 1.54) is 37.4 Å². The summed E-state index contributed by atoms with van der Waals surface area (Å²) in [5.74, 6) is -0.474. The number of phenolic OH excluding ortho intramolecular Hbond substituents is 1.